The van der Waals surface area contributed by atoms with Gasteiger partial charge in [0.15, 0.2) is 5.71 Å². The van der Waals surface area contributed by atoms with Crippen LogP contribution in [-0.2, 0) is 6.42 Å². The SMILES string of the molecule is CCC1=C(C)/C(=C(\CO)c2c(C)c(CC)c(C)n2B(F)F)[N+](C)=C1C. The van der Waals surface area contributed by atoms with Gasteiger partial charge in [-0.05, 0) is 44.7 Å². The molecule has 0 fully saturated rings. The summed E-state index contributed by atoms with van der Waals surface area (Å²) >= 11 is 0. The van der Waals surface area contributed by atoms with Gasteiger partial charge in [0.2, 0.25) is 5.70 Å². The van der Waals surface area contributed by atoms with Crippen molar-refractivity contribution >= 4 is 18.7 Å². The van der Waals surface area contributed by atoms with Crippen LogP contribution in [0.5, 0.6) is 0 Å². The first kappa shape index (κ1) is 19.6. The summed E-state index contributed by atoms with van der Waals surface area (Å²) in [6, 6.07) is 0. The fourth-order valence-electron chi connectivity index (χ4n) is 4.29. The number of likely N-dealkylation sites (N-methyl/N-ethyl adjacent to an activating group) is 1. The molecule has 0 atom stereocenters. The summed E-state index contributed by atoms with van der Waals surface area (Å²) in [5.41, 5.74) is 7.61. The minimum absolute atomic E-state index is 0.276. The highest BCUT2D eigenvalue weighted by atomic mass is 19.2. The summed E-state index contributed by atoms with van der Waals surface area (Å²) in [5.74, 6) is 0. The Morgan fingerprint density at radius 1 is 1.12 bits per heavy atom. The number of rotatable bonds is 5. The zero-order valence-corrected chi connectivity index (χ0v) is 16.3. The number of hydrogen-bond donors (Lipinski definition) is 1. The summed E-state index contributed by atoms with van der Waals surface area (Å²) in [7, 11) is -0.701. The molecule has 2 heterocycles. The third-order valence-corrected chi connectivity index (χ3v) is 5.56. The van der Waals surface area contributed by atoms with Gasteiger partial charge < -0.3 is 9.58 Å². The fourth-order valence-corrected chi connectivity index (χ4v) is 4.29. The zero-order valence-electron chi connectivity index (χ0n) is 16.3. The van der Waals surface area contributed by atoms with E-state index in [0.29, 0.717) is 23.4 Å². The van der Waals surface area contributed by atoms with E-state index in [1.54, 1.807) is 6.92 Å². The number of aliphatic hydroxyl groups is 1. The third-order valence-electron chi connectivity index (χ3n) is 5.56. The zero-order chi connectivity index (χ0) is 19.0. The van der Waals surface area contributed by atoms with Gasteiger partial charge in [0.05, 0.1) is 12.2 Å². The molecule has 1 aromatic rings. The van der Waals surface area contributed by atoms with Crippen molar-refractivity contribution in [3.8, 4) is 0 Å². The van der Waals surface area contributed by atoms with E-state index in [4.69, 9.17) is 0 Å². The Morgan fingerprint density at radius 2 is 1.72 bits per heavy atom. The third kappa shape index (κ3) is 2.90. The maximum Gasteiger partial charge on any atom is 0.677 e. The molecule has 0 saturated heterocycles. The molecule has 136 valence electrons. The van der Waals surface area contributed by atoms with Crippen molar-refractivity contribution in [2.75, 3.05) is 13.7 Å². The molecule has 6 heteroatoms. The molecule has 25 heavy (non-hydrogen) atoms. The molecule has 0 spiro atoms. The molecule has 0 bridgehead atoms. The smallest absolute Gasteiger partial charge is 0.391 e. The summed E-state index contributed by atoms with van der Waals surface area (Å²) in [6.45, 7) is 11.4. The first-order valence-electron chi connectivity index (χ1n) is 8.83. The molecule has 0 radical (unpaired) electrons. The Kier molecular flexibility index (Phi) is 5.72. The number of aliphatic hydroxyl groups excluding tert-OH is 1. The highest BCUT2D eigenvalue weighted by Gasteiger charge is 2.36. The second-order valence-electron chi connectivity index (χ2n) is 6.63. The molecule has 0 amide bonds. The van der Waals surface area contributed by atoms with Gasteiger partial charge in [-0.15, -0.1) is 0 Å². The molecular weight excluding hydrogens is 321 g/mol. The quantitative estimate of drug-likeness (QED) is 0.632. The van der Waals surface area contributed by atoms with E-state index < -0.39 is 7.40 Å². The van der Waals surface area contributed by atoms with Crippen LogP contribution < -0.4 is 0 Å². The molecule has 0 aromatic carbocycles. The van der Waals surface area contributed by atoms with Gasteiger partial charge in [-0.3, -0.25) is 8.63 Å². The Labute approximate surface area is 149 Å². The van der Waals surface area contributed by atoms with Crippen LogP contribution >= 0.6 is 0 Å². The summed E-state index contributed by atoms with van der Waals surface area (Å²) < 4.78 is 30.8. The highest BCUT2D eigenvalue weighted by Crippen LogP contribution is 2.36. The Hall–Kier alpha value is -1.69. The molecule has 3 nitrogen and oxygen atoms in total. The van der Waals surface area contributed by atoms with E-state index in [1.807, 2.05) is 39.3 Å². The van der Waals surface area contributed by atoms with E-state index in [-0.39, 0.29) is 6.61 Å². The van der Waals surface area contributed by atoms with Crippen LogP contribution in [0.4, 0.5) is 8.63 Å². The second-order valence-corrected chi connectivity index (χ2v) is 6.63. The largest absolute Gasteiger partial charge is 0.677 e. The van der Waals surface area contributed by atoms with Crippen LogP contribution in [0, 0.1) is 13.8 Å². The lowest BCUT2D eigenvalue weighted by Gasteiger charge is -2.13. The van der Waals surface area contributed by atoms with Crippen molar-refractivity contribution in [3.63, 3.8) is 0 Å². The average molecular weight is 349 g/mol. The monoisotopic (exact) mass is 349 g/mol. The summed E-state index contributed by atoms with van der Waals surface area (Å²) in [4.78, 5) is 0. The van der Waals surface area contributed by atoms with Crippen LogP contribution in [0.25, 0.3) is 5.57 Å². The Bertz CT molecular complexity index is 801. The summed E-state index contributed by atoms with van der Waals surface area (Å²) in [6.07, 6.45) is 1.56. The molecule has 1 N–H and O–H groups in total. The lowest BCUT2D eigenvalue weighted by molar-refractivity contribution is -0.435. The number of nitrogens with zero attached hydrogens (tertiary/aromatic N) is 2. The minimum Gasteiger partial charge on any atom is -0.391 e. The molecule has 1 aliphatic heterocycles. The first-order valence-corrected chi connectivity index (χ1v) is 8.83. The molecule has 1 aliphatic rings. The van der Waals surface area contributed by atoms with Gasteiger partial charge in [0, 0.05) is 29.5 Å². The van der Waals surface area contributed by atoms with Gasteiger partial charge in [-0.2, -0.15) is 4.58 Å². The molecule has 2 rings (SSSR count). The molecule has 0 unspecified atom stereocenters. The van der Waals surface area contributed by atoms with Crippen LogP contribution in [0.15, 0.2) is 16.8 Å². The van der Waals surface area contributed by atoms with Gasteiger partial charge in [-0.1, -0.05) is 13.8 Å². The van der Waals surface area contributed by atoms with E-state index in [9.17, 15) is 13.7 Å². The van der Waals surface area contributed by atoms with Crippen molar-refractivity contribution in [3.05, 3.63) is 39.4 Å². The predicted octanol–water partition coefficient (Wildman–Crippen LogP) is 3.99. The normalized spacial score (nSPS) is 17.0. The van der Waals surface area contributed by atoms with Gasteiger partial charge >= 0.3 is 7.40 Å². The van der Waals surface area contributed by atoms with E-state index in [0.717, 1.165) is 39.0 Å². The highest BCUT2D eigenvalue weighted by molar-refractivity contribution is 6.41. The molecule has 1 aromatic heterocycles. The lowest BCUT2D eigenvalue weighted by atomic mass is 9.97. The number of aromatic nitrogens is 1. The maximum atomic E-state index is 13.8. The van der Waals surface area contributed by atoms with Gasteiger partial charge in [0.25, 0.3) is 0 Å². The van der Waals surface area contributed by atoms with Crippen molar-refractivity contribution in [1.29, 1.82) is 0 Å². The summed E-state index contributed by atoms with van der Waals surface area (Å²) in [5, 5.41) is 10.1. The number of halogens is 2. The van der Waals surface area contributed by atoms with Gasteiger partial charge in [-0.25, -0.2) is 0 Å². The van der Waals surface area contributed by atoms with Crippen molar-refractivity contribution < 1.29 is 18.3 Å². The van der Waals surface area contributed by atoms with E-state index >= 15 is 0 Å². The Morgan fingerprint density at radius 3 is 2.12 bits per heavy atom. The van der Waals surface area contributed by atoms with Crippen molar-refractivity contribution in [2.45, 2.75) is 54.4 Å². The van der Waals surface area contributed by atoms with Crippen LogP contribution in [0.2, 0.25) is 0 Å². The lowest BCUT2D eigenvalue weighted by Crippen LogP contribution is -2.20. The van der Waals surface area contributed by atoms with Crippen LogP contribution in [-0.4, -0.2) is 40.9 Å². The average Bonchev–Trinajstić information content (AvgIpc) is 2.93. The van der Waals surface area contributed by atoms with Crippen molar-refractivity contribution in [1.82, 2.24) is 4.48 Å². The topological polar surface area (TPSA) is 28.2 Å². The van der Waals surface area contributed by atoms with Gasteiger partial charge in [0.1, 0.15) is 7.05 Å². The predicted molar refractivity (Wildman–Crippen MR) is 101 cm³/mol. The molecule has 0 aliphatic carbocycles. The minimum atomic E-state index is -2.64. The maximum absolute atomic E-state index is 13.8. The standard InChI is InChI=1S/C19H28BF2N2O/c1-8-15-11(3)18(23(7)13(15)5)17(10-25)19-12(4)16(9-2)14(6)24(19)20(21)22/h25H,8-10H2,1-7H3/q+1. The Balaban J connectivity index is 2.91. The number of allylic oxidation sites excluding steroid dienone is 2. The first-order chi connectivity index (χ1) is 11.7. The molecule has 0 saturated carbocycles. The van der Waals surface area contributed by atoms with Crippen LogP contribution in [0.1, 0.15) is 56.6 Å². The van der Waals surface area contributed by atoms with E-state index in [2.05, 4.69) is 6.92 Å². The molecular formula is C19H28BF2N2O+. The van der Waals surface area contributed by atoms with E-state index in [1.165, 1.54) is 5.57 Å². The van der Waals surface area contributed by atoms with Crippen LogP contribution in [0.3, 0.4) is 0 Å². The second kappa shape index (κ2) is 7.28. The van der Waals surface area contributed by atoms with Crippen molar-refractivity contribution in [2.24, 2.45) is 0 Å². The number of hydrogen-bond acceptors (Lipinski definition) is 1. The fraction of sp³-hybridized carbons (Fsp3) is 0.526.